The molecule has 1 aromatic rings. The number of carbonyl (C=O) groups is 2. The van der Waals surface area contributed by atoms with Crippen molar-refractivity contribution in [1.82, 2.24) is 5.32 Å². The normalized spacial score (nSPS) is 12.1. The number of carbonyl (C=O) groups excluding carboxylic acids is 1. The van der Waals surface area contributed by atoms with E-state index in [9.17, 15) is 9.59 Å². The summed E-state index contributed by atoms with van der Waals surface area (Å²) < 4.78 is 4.96. The second kappa shape index (κ2) is 6.24. The highest BCUT2D eigenvalue weighted by molar-refractivity contribution is 7.12. The average molecular weight is 243 g/mol. The fourth-order valence-electron chi connectivity index (χ4n) is 0.966. The van der Waals surface area contributed by atoms with Crippen molar-refractivity contribution >= 4 is 23.2 Å². The van der Waals surface area contributed by atoms with E-state index in [4.69, 9.17) is 9.84 Å². The minimum atomic E-state index is -1.01. The zero-order valence-corrected chi connectivity index (χ0v) is 9.62. The molecule has 1 amide bonds. The predicted molar refractivity (Wildman–Crippen MR) is 59.7 cm³/mol. The van der Waals surface area contributed by atoms with Gasteiger partial charge in [0.25, 0.3) is 5.91 Å². The molecule has 1 heterocycles. The Morgan fingerprint density at radius 1 is 1.62 bits per heavy atom. The molecule has 6 heteroatoms. The van der Waals surface area contributed by atoms with Crippen LogP contribution in [0.2, 0.25) is 0 Å². The Morgan fingerprint density at radius 3 is 2.94 bits per heavy atom. The predicted octanol–water partition coefficient (Wildman–Crippen LogP) is 0.968. The third-order valence-corrected chi connectivity index (χ3v) is 2.72. The molecule has 1 rings (SSSR count). The monoisotopic (exact) mass is 243 g/mol. The summed E-state index contributed by atoms with van der Waals surface area (Å²) in [6.07, 6.45) is -0.848. The average Bonchev–Trinajstić information content (AvgIpc) is 2.76. The van der Waals surface area contributed by atoms with Gasteiger partial charge in [-0.05, 0) is 18.4 Å². The SMILES string of the molecule is CC(OCCNC(=O)c1cccs1)C(=O)O. The molecule has 1 unspecified atom stereocenters. The number of carboxylic acids is 1. The molecule has 1 aromatic heterocycles. The molecule has 5 nitrogen and oxygen atoms in total. The molecule has 0 saturated heterocycles. The first-order chi connectivity index (χ1) is 7.61. The molecule has 0 aliphatic heterocycles. The summed E-state index contributed by atoms with van der Waals surface area (Å²) >= 11 is 1.35. The lowest BCUT2D eigenvalue weighted by atomic mass is 10.4. The Bertz CT molecular complexity index is 350. The van der Waals surface area contributed by atoms with Gasteiger partial charge in [-0.25, -0.2) is 4.79 Å². The van der Waals surface area contributed by atoms with Gasteiger partial charge in [0.1, 0.15) is 0 Å². The fraction of sp³-hybridized carbons (Fsp3) is 0.400. The van der Waals surface area contributed by atoms with Gasteiger partial charge in [-0.15, -0.1) is 11.3 Å². The number of nitrogens with one attached hydrogen (secondary N) is 1. The van der Waals surface area contributed by atoms with Gasteiger partial charge in [0.2, 0.25) is 0 Å². The second-order valence-electron chi connectivity index (χ2n) is 3.08. The Morgan fingerprint density at radius 2 is 2.38 bits per heavy atom. The van der Waals surface area contributed by atoms with Crippen LogP contribution in [-0.2, 0) is 9.53 Å². The first-order valence-electron chi connectivity index (χ1n) is 4.77. The number of amides is 1. The maximum absolute atomic E-state index is 11.4. The van der Waals surface area contributed by atoms with Crippen molar-refractivity contribution in [2.45, 2.75) is 13.0 Å². The van der Waals surface area contributed by atoms with Crippen molar-refractivity contribution < 1.29 is 19.4 Å². The van der Waals surface area contributed by atoms with Gasteiger partial charge < -0.3 is 15.2 Å². The van der Waals surface area contributed by atoms with Crippen molar-refractivity contribution in [2.24, 2.45) is 0 Å². The summed E-state index contributed by atoms with van der Waals surface area (Å²) in [7, 11) is 0. The summed E-state index contributed by atoms with van der Waals surface area (Å²) in [4.78, 5) is 22.4. The number of rotatable bonds is 6. The summed E-state index contributed by atoms with van der Waals surface area (Å²) in [5, 5.41) is 13.0. The van der Waals surface area contributed by atoms with Crippen LogP contribution in [0.25, 0.3) is 0 Å². The summed E-state index contributed by atoms with van der Waals surface area (Å²) in [5.74, 6) is -1.17. The Balaban J connectivity index is 2.17. The second-order valence-corrected chi connectivity index (χ2v) is 4.03. The third-order valence-electron chi connectivity index (χ3n) is 1.85. The van der Waals surface area contributed by atoms with Crippen LogP contribution in [0, 0.1) is 0 Å². The highest BCUT2D eigenvalue weighted by Crippen LogP contribution is 2.07. The van der Waals surface area contributed by atoms with Gasteiger partial charge in [0.05, 0.1) is 11.5 Å². The molecule has 0 radical (unpaired) electrons. The number of hydrogen-bond acceptors (Lipinski definition) is 4. The first-order valence-corrected chi connectivity index (χ1v) is 5.65. The lowest BCUT2D eigenvalue weighted by molar-refractivity contribution is -0.148. The quantitative estimate of drug-likeness (QED) is 0.730. The molecule has 0 aromatic carbocycles. The van der Waals surface area contributed by atoms with E-state index in [1.54, 1.807) is 12.1 Å². The number of ether oxygens (including phenoxy) is 1. The standard InChI is InChI=1S/C10H13NO4S/c1-7(10(13)14)15-5-4-11-9(12)8-3-2-6-16-8/h2-3,6-7H,4-5H2,1H3,(H,11,12)(H,13,14). The van der Waals surface area contributed by atoms with Crippen LogP contribution in [0.3, 0.4) is 0 Å². The number of thiophene rings is 1. The molecular weight excluding hydrogens is 230 g/mol. The Kier molecular flexibility index (Phi) is 4.94. The maximum atomic E-state index is 11.4. The third kappa shape index (κ3) is 4.00. The van der Waals surface area contributed by atoms with Gasteiger partial charge in [0, 0.05) is 6.54 Å². The molecule has 2 N–H and O–H groups in total. The molecule has 0 aliphatic rings. The molecular formula is C10H13NO4S. The molecule has 16 heavy (non-hydrogen) atoms. The molecule has 0 aliphatic carbocycles. The fourth-order valence-corrected chi connectivity index (χ4v) is 1.61. The molecule has 0 bridgehead atoms. The highest BCUT2D eigenvalue weighted by Gasteiger charge is 2.10. The maximum Gasteiger partial charge on any atom is 0.332 e. The van der Waals surface area contributed by atoms with Gasteiger partial charge >= 0.3 is 5.97 Å². The van der Waals surface area contributed by atoms with Gasteiger partial charge in [-0.2, -0.15) is 0 Å². The largest absolute Gasteiger partial charge is 0.479 e. The number of hydrogen-bond donors (Lipinski definition) is 2. The zero-order valence-electron chi connectivity index (χ0n) is 8.80. The van der Waals surface area contributed by atoms with Gasteiger partial charge in [0.15, 0.2) is 6.10 Å². The van der Waals surface area contributed by atoms with Crippen LogP contribution < -0.4 is 5.32 Å². The Hall–Kier alpha value is -1.40. The van der Waals surface area contributed by atoms with E-state index in [2.05, 4.69) is 5.32 Å². The minimum absolute atomic E-state index is 0.165. The van der Waals surface area contributed by atoms with Crippen LogP contribution in [0.4, 0.5) is 0 Å². The first kappa shape index (κ1) is 12.7. The summed E-state index contributed by atoms with van der Waals surface area (Å²) in [6, 6.07) is 3.52. The van der Waals surface area contributed by atoms with Gasteiger partial charge in [-0.1, -0.05) is 6.07 Å². The topological polar surface area (TPSA) is 75.6 Å². The van der Waals surface area contributed by atoms with Crippen LogP contribution in [-0.4, -0.2) is 36.2 Å². The van der Waals surface area contributed by atoms with Crippen LogP contribution in [0.15, 0.2) is 17.5 Å². The lowest BCUT2D eigenvalue weighted by Crippen LogP contribution is -2.29. The van der Waals surface area contributed by atoms with E-state index in [1.807, 2.05) is 5.38 Å². The lowest BCUT2D eigenvalue weighted by Gasteiger charge is -2.08. The Labute approximate surface area is 97.0 Å². The van der Waals surface area contributed by atoms with E-state index in [-0.39, 0.29) is 12.5 Å². The van der Waals surface area contributed by atoms with Crippen LogP contribution in [0.1, 0.15) is 16.6 Å². The molecule has 88 valence electrons. The highest BCUT2D eigenvalue weighted by atomic mass is 32.1. The van der Waals surface area contributed by atoms with Crippen LogP contribution in [0.5, 0.6) is 0 Å². The van der Waals surface area contributed by atoms with Crippen molar-refractivity contribution in [3.63, 3.8) is 0 Å². The minimum Gasteiger partial charge on any atom is -0.479 e. The zero-order chi connectivity index (χ0) is 12.0. The van der Waals surface area contributed by atoms with Crippen molar-refractivity contribution in [1.29, 1.82) is 0 Å². The molecule has 1 atom stereocenters. The van der Waals surface area contributed by atoms with Crippen molar-refractivity contribution in [3.05, 3.63) is 22.4 Å². The molecule has 0 fully saturated rings. The molecule has 0 saturated carbocycles. The van der Waals surface area contributed by atoms with Gasteiger partial charge in [-0.3, -0.25) is 4.79 Å². The van der Waals surface area contributed by atoms with E-state index >= 15 is 0 Å². The van der Waals surface area contributed by atoms with E-state index < -0.39 is 12.1 Å². The summed E-state index contributed by atoms with van der Waals surface area (Å²) in [6.45, 7) is 1.93. The van der Waals surface area contributed by atoms with Crippen LogP contribution >= 0.6 is 11.3 Å². The van der Waals surface area contributed by atoms with E-state index in [0.29, 0.717) is 11.4 Å². The smallest absolute Gasteiger partial charge is 0.332 e. The number of carboxylic acid groups (broad SMARTS) is 1. The van der Waals surface area contributed by atoms with E-state index in [0.717, 1.165) is 0 Å². The van der Waals surface area contributed by atoms with Crippen molar-refractivity contribution in [2.75, 3.05) is 13.2 Å². The number of aliphatic carboxylic acids is 1. The summed E-state index contributed by atoms with van der Waals surface area (Å²) in [5.41, 5.74) is 0. The van der Waals surface area contributed by atoms with Crippen molar-refractivity contribution in [3.8, 4) is 0 Å². The molecule has 0 spiro atoms. The van der Waals surface area contributed by atoms with E-state index in [1.165, 1.54) is 18.3 Å².